The molecule has 0 heterocycles. The Morgan fingerprint density at radius 1 is 1.05 bits per heavy atom. The minimum Gasteiger partial charge on any atom is -0.496 e. The van der Waals surface area contributed by atoms with Crippen molar-refractivity contribution in [3.05, 3.63) is 62.6 Å². The normalized spacial score (nSPS) is 12.3. The second kappa shape index (κ2) is 5.98. The number of aliphatic hydroxyl groups is 1. The van der Waals surface area contributed by atoms with Gasteiger partial charge in [-0.2, -0.15) is 0 Å². The number of rotatable bonds is 3. The van der Waals surface area contributed by atoms with Crippen LogP contribution in [0, 0.1) is 20.8 Å². The maximum atomic E-state index is 10.8. The molecule has 2 aromatic rings. The van der Waals surface area contributed by atoms with E-state index in [4.69, 9.17) is 4.74 Å². The summed E-state index contributed by atoms with van der Waals surface area (Å²) in [5.74, 6) is 0.695. The van der Waals surface area contributed by atoms with E-state index in [2.05, 4.69) is 35.0 Å². The van der Waals surface area contributed by atoms with Crippen molar-refractivity contribution < 1.29 is 9.84 Å². The van der Waals surface area contributed by atoms with E-state index in [0.717, 1.165) is 26.7 Å². The van der Waals surface area contributed by atoms with E-state index in [1.807, 2.05) is 32.0 Å². The molecule has 3 heteroatoms. The molecule has 0 fully saturated rings. The largest absolute Gasteiger partial charge is 0.496 e. The van der Waals surface area contributed by atoms with Crippen LogP contribution in [0.2, 0.25) is 0 Å². The molecule has 2 nitrogen and oxygen atoms in total. The van der Waals surface area contributed by atoms with E-state index in [0.29, 0.717) is 5.75 Å². The molecular weight excluding hydrogens is 316 g/mol. The molecule has 0 aliphatic heterocycles. The monoisotopic (exact) mass is 334 g/mol. The molecule has 2 rings (SSSR count). The molecular formula is C17H19BrO2. The van der Waals surface area contributed by atoms with Crippen molar-refractivity contribution in [2.75, 3.05) is 7.11 Å². The number of halogens is 1. The minimum atomic E-state index is -0.692. The van der Waals surface area contributed by atoms with Crippen LogP contribution in [0.15, 0.2) is 34.8 Å². The molecule has 0 bridgehead atoms. The van der Waals surface area contributed by atoms with Gasteiger partial charge < -0.3 is 9.84 Å². The Morgan fingerprint density at radius 3 is 2.20 bits per heavy atom. The van der Waals surface area contributed by atoms with Gasteiger partial charge in [0.05, 0.1) is 7.11 Å². The molecule has 106 valence electrons. The molecule has 20 heavy (non-hydrogen) atoms. The summed E-state index contributed by atoms with van der Waals surface area (Å²) in [5, 5.41) is 10.8. The van der Waals surface area contributed by atoms with Crippen molar-refractivity contribution in [3.63, 3.8) is 0 Å². The lowest BCUT2D eigenvalue weighted by Crippen LogP contribution is -2.07. The third-order valence-electron chi connectivity index (χ3n) is 3.50. The van der Waals surface area contributed by atoms with Crippen molar-refractivity contribution in [2.24, 2.45) is 0 Å². The smallest absolute Gasteiger partial charge is 0.125 e. The second-order valence-corrected chi connectivity index (χ2v) is 6.02. The van der Waals surface area contributed by atoms with Crippen LogP contribution in [-0.2, 0) is 0 Å². The summed E-state index contributed by atoms with van der Waals surface area (Å²) in [7, 11) is 1.62. The molecule has 0 saturated carbocycles. The summed E-state index contributed by atoms with van der Waals surface area (Å²) in [6, 6.07) is 9.86. The summed E-state index contributed by atoms with van der Waals surface area (Å²) in [5.41, 5.74) is 5.12. The summed E-state index contributed by atoms with van der Waals surface area (Å²) < 4.78 is 6.29. The predicted molar refractivity (Wildman–Crippen MR) is 85.4 cm³/mol. The van der Waals surface area contributed by atoms with Crippen LogP contribution in [-0.4, -0.2) is 12.2 Å². The molecule has 0 aliphatic carbocycles. The van der Waals surface area contributed by atoms with Crippen molar-refractivity contribution in [3.8, 4) is 5.75 Å². The number of ether oxygens (including phenoxy) is 1. The highest BCUT2D eigenvalue weighted by molar-refractivity contribution is 9.10. The zero-order chi connectivity index (χ0) is 14.9. The van der Waals surface area contributed by atoms with E-state index >= 15 is 0 Å². The summed E-state index contributed by atoms with van der Waals surface area (Å²) in [6.45, 7) is 6.13. The van der Waals surface area contributed by atoms with Gasteiger partial charge in [-0.05, 0) is 55.7 Å². The SMILES string of the molecule is COc1ccc(Br)cc1C(O)c1c(C)cc(C)cc1C. The molecule has 1 N–H and O–H groups in total. The third-order valence-corrected chi connectivity index (χ3v) is 3.99. The third kappa shape index (κ3) is 2.89. The quantitative estimate of drug-likeness (QED) is 0.897. The molecule has 0 amide bonds. The Morgan fingerprint density at radius 2 is 1.65 bits per heavy atom. The van der Waals surface area contributed by atoms with Crippen molar-refractivity contribution in [1.29, 1.82) is 0 Å². The van der Waals surface area contributed by atoms with Crippen molar-refractivity contribution >= 4 is 15.9 Å². The van der Waals surface area contributed by atoms with Crippen molar-refractivity contribution in [2.45, 2.75) is 26.9 Å². The van der Waals surface area contributed by atoms with Gasteiger partial charge in [0.15, 0.2) is 0 Å². The lowest BCUT2D eigenvalue weighted by atomic mass is 9.91. The van der Waals surface area contributed by atoms with Gasteiger partial charge in [-0.15, -0.1) is 0 Å². The predicted octanol–water partition coefficient (Wildman–Crippen LogP) is 4.46. The zero-order valence-electron chi connectivity index (χ0n) is 12.2. The fraction of sp³-hybridized carbons (Fsp3) is 0.294. The molecule has 0 radical (unpaired) electrons. The Hall–Kier alpha value is -1.32. The maximum Gasteiger partial charge on any atom is 0.125 e. The lowest BCUT2D eigenvalue weighted by molar-refractivity contribution is 0.213. The van der Waals surface area contributed by atoms with Gasteiger partial charge in [-0.1, -0.05) is 33.6 Å². The molecule has 0 aromatic heterocycles. The Kier molecular flexibility index (Phi) is 4.51. The summed E-state index contributed by atoms with van der Waals surface area (Å²) >= 11 is 3.45. The highest BCUT2D eigenvalue weighted by atomic mass is 79.9. The van der Waals surface area contributed by atoms with Crippen LogP contribution in [0.1, 0.15) is 33.9 Å². The van der Waals surface area contributed by atoms with E-state index in [1.165, 1.54) is 5.56 Å². The van der Waals surface area contributed by atoms with E-state index in [-0.39, 0.29) is 0 Å². The fourth-order valence-electron chi connectivity index (χ4n) is 2.70. The van der Waals surface area contributed by atoms with Gasteiger partial charge >= 0.3 is 0 Å². The van der Waals surface area contributed by atoms with E-state index in [9.17, 15) is 5.11 Å². The van der Waals surface area contributed by atoms with Crippen LogP contribution in [0.4, 0.5) is 0 Å². The maximum absolute atomic E-state index is 10.8. The molecule has 0 spiro atoms. The van der Waals surface area contributed by atoms with Crippen molar-refractivity contribution in [1.82, 2.24) is 0 Å². The molecule has 1 atom stereocenters. The first-order valence-corrected chi connectivity index (χ1v) is 7.32. The number of hydrogen-bond acceptors (Lipinski definition) is 2. The van der Waals surface area contributed by atoms with Gasteiger partial charge in [0, 0.05) is 10.0 Å². The highest BCUT2D eigenvalue weighted by Gasteiger charge is 2.19. The first-order chi connectivity index (χ1) is 9.43. The average molecular weight is 335 g/mol. The molecule has 0 aliphatic rings. The molecule has 0 saturated heterocycles. The fourth-order valence-corrected chi connectivity index (χ4v) is 3.08. The first kappa shape index (κ1) is 15.1. The van der Waals surface area contributed by atoms with Gasteiger partial charge in [0.2, 0.25) is 0 Å². The van der Waals surface area contributed by atoms with Crippen LogP contribution < -0.4 is 4.74 Å². The topological polar surface area (TPSA) is 29.5 Å². The molecule has 1 unspecified atom stereocenters. The number of aryl methyl sites for hydroxylation is 3. The van der Waals surface area contributed by atoms with Crippen LogP contribution in [0.25, 0.3) is 0 Å². The highest BCUT2D eigenvalue weighted by Crippen LogP contribution is 2.35. The minimum absolute atomic E-state index is 0.692. The van der Waals surface area contributed by atoms with Crippen LogP contribution >= 0.6 is 15.9 Å². The van der Waals surface area contributed by atoms with Gasteiger partial charge in [-0.25, -0.2) is 0 Å². The average Bonchev–Trinajstić information content (AvgIpc) is 2.37. The first-order valence-electron chi connectivity index (χ1n) is 6.53. The van der Waals surface area contributed by atoms with Crippen LogP contribution in [0.5, 0.6) is 5.75 Å². The lowest BCUT2D eigenvalue weighted by Gasteiger charge is -2.20. The summed E-state index contributed by atoms with van der Waals surface area (Å²) in [4.78, 5) is 0. The Balaban J connectivity index is 2.57. The standard InChI is InChI=1S/C17H19BrO2/c1-10-7-11(2)16(12(3)8-10)17(19)14-9-13(18)5-6-15(14)20-4/h5-9,17,19H,1-4H3. The van der Waals surface area contributed by atoms with Crippen LogP contribution in [0.3, 0.4) is 0 Å². The molecule has 2 aromatic carbocycles. The summed E-state index contributed by atoms with van der Waals surface area (Å²) in [6.07, 6.45) is -0.692. The zero-order valence-corrected chi connectivity index (χ0v) is 13.8. The van der Waals surface area contributed by atoms with Gasteiger partial charge in [0.25, 0.3) is 0 Å². The second-order valence-electron chi connectivity index (χ2n) is 5.10. The number of aliphatic hydroxyl groups excluding tert-OH is 1. The Bertz CT molecular complexity index is 612. The Labute approximate surface area is 128 Å². The van der Waals surface area contributed by atoms with Gasteiger partial charge in [0.1, 0.15) is 11.9 Å². The number of hydrogen-bond donors (Lipinski definition) is 1. The van der Waals surface area contributed by atoms with Gasteiger partial charge in [-0.3, -0.25) is 0 Å². The number of benzene rings is 2. The van der Waals surface area contributed by atoms with E-state index in [1.54, 1.807) is 7.11 Å². The number of methoxy groups -OCH3 is 1. The van der Waals surface area contributed by atoms with E-state index < -0.39 is 6.10 Å².